The van der Waals surface area contributed by atoms with Crippen LogP contribution in [0.15, 0.2) is 41.0 Å². The molecule has 0 aliphatic carbocycles. The van der Waals surface area contributed by atoms with E-state index in [0.717, 1.165) is 12.1 Å². The Kier molecular flexibility index (Phi) is 5.88. The predicted molar refractivity (Wildman–Crippen MR) is 92.1 cm³/mol. The number of anilines is 2. The summed E-state index contributed by atoms with van der Waals surface area (Å²) >= 11 is 0. The Bertz CT molecular complexity index is 830. The molecular weight excluding hydrogens is 381 g/mol. The van der Waals surface area contributed by atoms with E-state index in [2.05, 4.69) is 5.32 Å². The first kappa shape index (κ1) is 19.7. The van der Waals surface area contributed by atoms with Gasteiger partial charge in [-0.15, -0.1) is 0 Å². The van der Waals surface area contributed by atoms with E-state index in [0.29, 0.717) is 32.0 Å². The van der Waals surface area contributed by atoms with Crippen molar-refractivity contribution < 1.29 is 36.7 Å². The number of hydrogen-bond acceptors (Lipinski definition) is 6. The zero-order valence-corrected chi connectivity index (χ0v) is 14.6. The van der Waals surface area contributed by atoms with Crippen molar-refractivity contribution in [2.75, 3.05) is 43.1 Å². The molecule has 2 aromatic rings. The van der Waals surface area contributed by atoms with Crippen LogP contribution in [0, 0.1) is 0 Å². The summed E-state index contributed by atoms with van der Waals surface area (Å²) in [6.07, 6.45) is -3.29. The molecule has 1 aliphatic heterocycles. The largest absolute Gasteiger partial charge is 0.457 e. The highest BCUT2D eigenvalue weighted by Crippen LogP contribution is 2.35. The van der Waals surface area contributed by atoms with Gasteiger partial charge in [-0.25, -0.2) is 4.79 Å². The first-order chi connectivity index (χ1) is 13.3. The predicted octanol–water partition coefficient (Wildman–Crippen LogP) is 2.93. The molecule has 1 amide bonds. The van der Waals surface area contributed by atoms with Crippen LogP contribution in [0.4, 0.5) is 24.5 Å². The summed E-state index contributed by atoms with van der Waals surface area (Å²) in [5, 5.41) is 2.39. The third-order valence-corrected chi connectivity index (χ3v) is 4.01. The topological polar surface area (TPSA) is 81.0 Å². The Hall–Kier alpha value is -3.01. The number of nitrogens with zero attached hydrogens (tertiary/aromatic N) is 1. The molecule has 1 aliphatic rings. The lowest BCUT2D eigenvalue weighted by Crippen LogP contribution is -2.37. The minimum absolute atomic E-state index is 0.0178. The first-order valence-corrected chi connectivity index (χ1v) is 8.39. The second-order valence-corrected chi connectivity index (χ2v) is 5.93. The number of morpholine rings is 1. The van der Waals surface area contributed by atoms with Crippen molar-refractivity contribution in [2.24, 2.45) is 0 Å². The summed E-state index contributed by atoms with van der Waals surface area (Å²) in [5.74, 6) is -1.70. The Morgan fingerprint density at radius 1 is 1.18 bits per heavy atom. The van der Waals surface area contributed by atoms with Crippen LogP contribution in [0.3, 0.4) is 0 Å². The molecule has 0 atom stereocenters. The number of alkyl halides is 3. The Morgan fingerprint density at radius 3 is 2.57 bits per heavy atom. The number of amides is 1. The van der Waals surface area contributed by atoms with E-state index in [9.17, 15) is 22.8 Å². The van der Waals surface area contributed by atoms with E-state index in [1.54, 1.807) is 0 Å². The van der Waals surface area contributed by atoms with Gasteiger partial charge in [0.1, 0.15) is 0 Å². The summed E-state index contributed by atoms with van der Waals surface area (Å²) in [5.41, 5.74) is -0.481. The summed E-state index contributed by atoms with van der Waals surface area (Å²) in [4.78, 5) is 25.6. The van der Waals surface area contributed by atoms with Crippen LogP contribution in [0.5, 0.6) is 0 Å². The van der Waals surface area contributed by atoms with Crippen molar-refractivity contribution in [2.45, 2.75) is 6.18 Å². The van der Waals surface area contributed by atoms with Crippen molar-refractivity contribution in [3.05, 3.63) is 47.9 Å². The van der Waals surface area contributed by atoms with Crippen LogP contribution in [0.1, 0.15) is 16.1 Å². The number of hydrogen-bond donors (Lipinski definition) is 1. The van der Waals surface area contributed by atoms with Crippen LogP contribution in [-0.4, -0.2) is 44.8 Å². The molecule has 1 saturated heterocycles. The highest BCUT2D eigenvalue weighted by atomic mass is 19.4. The molecule has 28 heavy (non-hydrogen) atoms. The highest BCUT2D eigenvalue weighted by molar-refractivity contribution is 5.97. The zero-order chi connectivity index (χ0) is 20.1. The van der Waals surface area contributed by atoms with Crippen LogP contribution in [0.25, 0.3) is 0 Å². The Morgan fingerprint density at radius 2 is 1.93 bits per heavy atom. The molecule has 7 nitrogen and oxygen atoms in total. The van der Waals surface area contributed by atoms with Crippen molar-refractivity contribution >= 4 is 23.3 Å². The summed E-state index contributed by atoms with van der Waals surface area (Å²) in [7, 11) is 0. The number of halogens is 3. The average Bonchev–Trinajstić information content (AvgIpc) is 3.21. The lowest BCUT2D eigenvalue weighted by molar-refractivity contribution is -0.137. The van der Waals surface area contributed by atoms with E-state index in [1.165, 1.54) is 24.5 Å². The van der Waals surface area contributed by atoms with Gasteiger partial charge >= 0.3 is 12.1 Å². The third-order valence-electron chi connectivity index (χ3n) is 4.01. The maximum atomic E-state index is 13.1. The van der Waals surface area contributed by atoms with Gasteiger partial charge in [-0.2, -0.15) is 13.2 Å². The fraction of sp³-hybridized carbons (Fsp3) is 0.333. The Balaban J connectivity index is 1.73. The fourth-order valence-electron chi connectivity index (χ4n) is 2.68. The van der Waals surface area contributed by atoms with Crippen molar-refractivity contribution in [1.82, 2.24) is 0 Å². The van der Waals surface area contributed by atoms with Gasteiger partial charge in [0, 0.05) is 13.1 Å². The number of esters is 1. The highest BCUT2D eigenvalue weighted by Gasteiger charge is 2.32. The molecule has 0 radical (unpaired) electrons. The van der Waals surface area contributed by atoms with E-state index in [4.69, 9.17) is 13.9 Å². The van der Waals surface area contributed by atoms with Gasteiger partial charge in [-0.1, -0.05) is 0 Å². The molecular formula is C18H17F3N2O5. The summed E-state index contributed by atoms with van der Waals surface area (Å²) in [6, 6.07) is 5.96. The first-order valence-electron chi connectivity index (χ1n) is 8.39. The fourth-order valence-corrected chi connectivity index (χ4v) is 2.68. The smallest absolute Gasteiger partial charge is 0.416 e. The standard InChI is InChI=1S/C18H17F3N2O5/c19-18(20,21)12-3-4-14(23-5-8-26-9-6-23)13(10-12)22-16(24)11-28-17(25)15-2-1-7-27-15/h1-4,7,10H,5-6,8-9,11H2,(H,22,24). The van der Waals surface area contributed by atoms with Crippen molar-refractivity contribution in [1.29, 1.82) is 0 Å². The van der Waals surface area contributed by atoms with Crippen LogP contribution < -0.4 is 10.2 Å². The third kappa shape index (κ3) is 4.83. The number of furan rings is 1. The molecule has 1 aromatic carbocycles. The van der Waals surface area contributed by atoms with Gasteiger partial charge in [-0.05, 0) is 30.3 Å². The second-order valence-electron chi connectivity index (χ2n) is 5.93. The molecule has 3 rings (SSSR count). The minimum Gasteiger partial charge on any atom is -0.457 e. The molecule has 1 N–H and O–H groups in total. The molecule has 1 aromatic heterocycles. The number of rotatable bonds is 5. The quantitative estimate of drug-likeness (QED) is 0.780. The van der Waals surface area contributed by atoms with E-state index < -0.39 is 30.2 Å². The van der Waals surface area contributed by atoms with E-state index in [-0.39, 0.29) is 11.4 Å². The molecule has 0 bridgehead atoms. The summed E-state index contributed by atoms with van der Waals surface area (Å²) < 4.78 is 54.1. The lowest BCUT2D eigenvalue weighted by Gasteiger charge is -2.31. The van der Waals surface area contributed by atoms with Crippen LogP contribution in [0.2, 0.25) is 0 Å². The normalized spacial score (nSPS) is 14.6. The average molecular weight is 398 g/mol. The molecule has 150 valence electrons. The van der Waals surface area contributed by atoms with Gasteiger partial charge in [-0.3, -0.25) is 4.79 Å². The van der Waals surface area contributed by atoms with Gasteiger partial charge in [0.05, 0.1) is 36.4 Å². The molecule has 1 fully saturated rings. The Labute approximate surface area is 158 Å². The molecule has 2 heterocycles. The number of carbonyl (C=O) groups excluding carboxylic acids is 2. The molecule has 10 heteroatoms. The monoisotopic (exact) mass is 398 g/mol. The van der Waals surface area contributed by atoms with E-state index >= 15 is 0 Å². The summed E-state index contributed by atoms with van der Waals surface area (Å²) in [6.45, 7) is 1.13. The number of benzene rings is 1. The minimum atomic E-state index is -4.56. The molecule has 0 spiro atoms. The van der Waals surface area contributed by atoms with Gasteiger partial charge in [0.2, 0.25) is 5.76 Å². The number of carbonyl (C=O) groups is 2. The molecule has 0 unspecified atom stereocenters. The maximum Gasteiger partial charge on any atom is 0.416 e. The molecule has 0 saturated carbocycles. The van der Waals surface area contributed by atoms with Gasteiger partial charge in [0.15, 0.2) is 6.61 Å². The number of ether oxygens (including phenoxy) is 2. The lowest BCUT2D eigenvalue weighted by atomic mass is 10.1. The SMILES string of the molecule is O=C(COC(=O)c1ccco1)Nc1cc(C(F)(F)F)ccc1N1CCOCC1. The zero-order valence-electron chi connectivity index (χ0n) is 14.6. The van der Waals surface area contributed by atoms with Crippen molar-refractivity contribution in [3.63, 3.8) is 0 Å². The van der Waals surface area contributed by atoms with Crippen LogP contribution in [-0.2, 0) is 20.4 Å². The van der Waals surface area contributed by atoms with E-state index in [1.807, 2.05) is 4.90 Å². The number of nitrogens with one attached hydrogen (secondary N) is 1. The van der Waals surface area contributed by atoms with Gasteiger partial charge < -0.3 is 24.1 Å². The van der Waals surface area contributed by atoms with Crippen molar-refractivity contribution in [3.8, 4) is 0 Å². The maximum absolute atomic E-state index is 13.1. The van der Waals surface area contributed by atoms with Crippen LogP contribution >= 0.6 is 0 Å². The van der Waals surface area contributed by atoms with Gasteiger partial charge in [0.25, 0.3) is 5.91 Å². The second kappa shape index (κ2) is 8.34.